The van der Waals surface area contributed by atoms with Crippen molar-refractivity contribution < 1.29 is 17.9 Å². The minimum Gasteiger partial charge on any atom is -0.495 e. The van der Waals surface area contributed by atoms with Crippen LogP contribution in [-0.2, 0) is 14.8 Å². The van der Waals surface area contributed by atoms with E-state index in [1.165, 1.54) is 7.11 Å². The van der Waals surface area contributed by atoms with Gasteiger partial charge in [0.2, 0.25) is 15.9 Å². The Morgan fingerprint density at radius 2 is 2.12 bits per heavy atom. The summed E-state index contributed by atoms with van der Waals surface area (Å²) in [5.74, 6) is 0.666. The van der Waals surface area contributed by atoms with E-state index >= 15 is 0 Å². The van der Waals surface area contributed by atoms with Crippen molar-refractivity contribution in [1.82, 2.24) is 4.31 Å². The monoisotopic (exact) mass is 400 g/mol. The van der Waals surface area contributed by atoms with Crippen LogP contribution in [-0.4, -0.2) is 44.1 Å². The molecule has 8 heteroatoms. The standard InChI is InChI=1S/C18H25ClN2O4S/c1-25-17-8-5-14(19)11-16(17)20-18(22)9-4-13-3-2-10-21(12-13)26(23,24)15-6-7-15/h5,8,11,13,15H,2-4,6-7,9-10,12H2,1H3,(H,20,22)/t13-/m1/s1. The average molecular weight is 401 g/mol. The number of benzene rings is 1. The fourth-order valence-electron chi connectivity index (χ4n) is 3.40. The van der Waals surface area contributed by atoms with Gasteiger partial charge in [-0.15, -0.1) is 0 Å². The van der Waals surface area contributed by atoms with Crippen LogP contribution in [0.2, 0.25) is 5.02 Å². The van der Waals surface area contributed by atoms with Crippen molar-refractivity contribution in [2.75, 3.05) is 25.5 Å². The van der Waals surface area contributed by atoms with Crippen molar-refractivity contribution in [3.8, 4) is 5.75 Å². The van der Waals surface area contributed by atoms with E-state index in [4.69, 9.17) is 16.3 Å². The number of piperidine rings is 1. The summed E-state index contributed by atoms with van der Waals surface area (Å²) in [6.45, 7) is 1.15. The molecule has 0 radical (unpaired) electrons. The molecule has 1 aliphatic heterocycles. The maximum Gasteiger partial charge on any atom is 0.224 e. The number of nitrogens with zero attached hydrogens (tertiary/aromatic N) is 1. The summed E-state index contributed by atoms with van der Waals surface area (Å²) in [4.78, 5) is 12.3. The molecule has 26 heavy (non-hydrogen) atoms. The Morgan fingerprint density at radius 1 is 1.35 bits per heavy atom. The molecule has 1 atom stereocenters. The van der Waals surface area contributed by atoms with Gasteiger partial charge in [-0.25, -0.2) is 12.7 Å². The number of carbonyl (C=O) groups is 1. The van der Waals surface area contributed by atoms with Crippen LogP contribution < -0.4 is 10.1 Å². The van der Waals surface area contributed by atoms with Crippen molar-refractivity contribution in [2.45, 2.75) is 43.8 Å². The number of hydrogen-bond donors (Lipinski definition) is 1. The highest BCUT2D eigenvalue weighted by Crippen LogP contribution is 2.34. The molecule has 1 heterocycles. The minimum absolute atomic E-state index is 0.118. The van der Waals surface area contributed by atoms with Crippen LogP contribution in [0.15, 0.2) is 18.2 Å². The number of hydrogen-bond acceptors (Lipinski definition) is 4. The maximum absolute atomic E-state index is 12.4. The molecule has 2 fully saturated rings. The molecule has 1 amide bonds. The molecule has 6 nitrogen and oxygen atoms in total. The van der Waals surface area contributed by atoms with E-state index in [1.54, 1.807) is 22.5 Å². The summed E-state index contributed by atoms with van der Waals surface area (Å²) in [7, 11) is -1.58. The summed E-state index contributed by atoms with van der Waals surface area (Å²) in [6, 6.07) is 5.06. The third-order valence-corrected chi connectivity index (χ3v) is 7.60. The van der Waals surface area contributed by atoms with Gasteiger partial charge in [0.15, 0.2) is 0 Å². The van der Waals surface area contributed by atoms with Gasteiger partial charge in [-0.05, 0) is 56.2 Å². The fourth-order valence-corrected chi connectivity index (χ4v) is 5.52. The first-order valence-electron chi connectivity index (χ1n) is 9.02. The number of amides is 1. The summed E-state index contributed by atoms with van der Waals surface area (Å²) in [5.41, 5.74) is 0.548. The van der Waals surface area contributed by atoms with Crippen LogP contribution in [0.4, 0.5) is 5.69 Å². The SMILES string of the molecule is COc1ccc(Cl)cc1NC(=O)CC[C@H]1CCCN(S(=O)(=O)C2CC2)C1. The Kier molecular flexibility index (Phi) is 6.10. The molecule has 0 spiro atoms. The molecule has 144 valence electrons. The zero-order valence-corrected chi connectivity index (χ0v) is 16.5. The number of methoxy groups -OCH3 is 1. The van der Waals surface area contributed by atoms with E-state index in [9.17, 15) is 13.2 Å². The molecule has 1 aliphatic carbocycles. The zero-order chi connectivity index (χ0) is 18.7. The third kappa shape index (κ3) is 4.69. The predicted octanol–water partition coefficient (Wildman–Crippen LogP) is 3.27. The van der Waals surface area contributed by atoms with Crippen LogP contribution in [0.5, 0.6) is 5.75 Å². The van der Waals surface area contributed by atoms with Gasteiger partial charge in [0.1, 0.15) is 5.75 Å². The van der Waals surface area contributed by atoms with Gasteiger partial charge in [0, 0.05) is 24.5 Å². The normalized spacial score (nSPS) is 21.4. The molecule has 1 aromatic carbocycles. The molecule has 1 saturated heterocycles. The summed E-state index contributed by atoms with van der Waals surface area (Å²) < 4.78 is 31.7. The molecule has 3 rings (SSSR count). The van der Waals surface area contributed by atoms with E-state index in [2.05, 4.69) is 5.32 Å². The fraction of sp³-hybridized carbons (Fsp3) is 0.611. The first kappa shape index (κ1) is 19.5. The topological polar surface area (TPSA) is 75.7 Å². The quantitative estimate of drug-likeness (QED) is 0.762. The Bertz CT molecular complexity index is 764. The smallest absolute Gasteiger partial charge is 0.224 e. The molecule has 0 unspecified atom stereocenters. The first-order valence-corrected chi connectivity index (χ1v) is 10.9. The van der Waals surface area contributed by atoms with Crippen molar-refractivity contribution in [3.05, 3.63) is 23.2 Å². The highest BCUT2D eigenvalue weighted by Gasteiger charge is 2.41. The molecule has 1 saturated carbocycles. The predicted molar refractivity (Wildman–Crippen MR) is 102 cm³/mol. The van der Waals surface area contributed by atoms with E-state index in [0.717, 1.165) is 25.7 Å². The lowest BCUT2D eigenvalue weighted by Gasteiger charge is -2.32. The van der Waals surface area contributed by atoms with Crippen LogP contribution >= 0.6 is 11.6 Å². The average Bonchev–Trinajstić information content (AvgIpc) is 3.46. The maximum atomic E-state index is 12.4. The summed E-state index contributed by atoms with van der Waals surface area (Å²) in [6.07, 6.45) is 4.41. The number of sulfonamides is 1. The number of ether oxygens (including phenoxy) is 1. The van der Waals surface area contributed by atoms with Crippen molar-refractivity contribution in [1.29, 1.82) is 0 Å². The van der Waals surface area contributed by atoms with Gasteiger partial charge in [-0.2, -0.15) is 0 Å². The van der Waals surface area contributed by atoms with E-state index < -0.39 is 10.0 Å². The Hall–Kier alpha value is -1.31. The summed E-state index contributed by atoms with van der Waals surface area (Å²) in [5, 5.41) is 3.19. The zero-order valence-electron chi connectivity index (χ0n) is 14.9. The number of rotatable bonds is 7. The second-order valence-corrected chi connectivity index (χ2v) is 9.69. The first-order chi connectivity index (χ1) is 12.4. The van der Waals surface area contributed by atoms with Gasteiger partial charge in [-0.3, -0.25) is 4.79 Å². The van der Waals surface area contributed by atoms with Gasteiger partial charge in [0.25, 0.3) is 0 Å². The lowest BCUT2D eigenvalue weighted by atomic mass is 9.94. The highest BCUT2D eigenvalue weighted by molar-refractivity contribution is 7.90. The largest absolute Gasteiger partial charge is 0.495 e. The van der Waals surface area contributed by atoms with Gasteiger partial charge >= 0.3 is 0 Å². The van der Waals surface area contributed by atoms with Crippen LogP contribution in [0.3, 0.4) is 0 Å². The second-order valence-electron chi connectivity index (χ2n) is 7.04. The van der Waals surface area contributed by atoms with E-state index in [-0.39, 0.29) is 17.1 Å². The second kappa shape index (κ2) is 8.15. The van der Waals surface area contributed by atoms with Crippen molar-refractivity contribution in [3.63, 3.8) is 0 Å². The van der Waals surface area contributed by atoms with Crippen molar-refractivity contribution in [2.24, 2.45) is 5.92 Å². The van der Waals surface area contributed by atoms with E-state index in [0.29, 0.717) is 42.4 Å². The molecule has 1 aromatic rings. The van der Waals surface area contributed by atoms with Gasteiger partial charge in [0.05, 0.1) is 18.0 Å². The number of anilines is 1. The Morgan fingerprint density at radius 3 is 2.81 bits per heavy atom. The van der Waals surface area contributed by atoms with E-state index in [1.807, 2.05) is 0 Å². The van der Waals surface area contributed by atoms with Crippen LogP contribution in [0, 0.1) is 5.92 Å². The Labute approximate surface area is 159 Å². The molecule has 0 aromatic heterocycles. The van der Waals surface area contributed by atoms with Crippen LogP contribution in [0.25, 0.3) is 0 Å². The summed E-state index contributed by atoms with van der Waals surface area (Å²) >= 11 is 5.98. The molecule has 2 aliphatic rings. The minimum atomic E-state index is -3.12. The number of halogens is 1. The molecular formula is C18H25ClN2O4S. The third-order valence-electron chi connectivity index (χ3n) is 5.00. The molecule has 1 N–H and O–H groups in total. The van der Waals surface area contributed by atoms with Crippen molar-refractivity contribution >= 4 is 33.2 Å². The van der Waals surface area contributed by atoms with Gasteiger partial charge in [-0.1, -0.05) is 11.6 Å². The number of nitrogens with one attached hydrogen (secondary N) is 1. The van der Waals surface area contributed by atoms with Crippen LogP contribution in [0.1, 0.15) is 38.5 Å². The number of carbonyl (C=O) groups excluding carboxylic acids is 1. The Balaban J connectivity index is 1.52. The molecule has 0 bridgehead atoms. The lowest BCUT2D eigenvalue weighted by Crippen LogP contribution is -2.41. The molecular weight excluding hydrogens is 376 g/mol. The van der Waals surface area contributed by atoms with Gasteiger partial charge < -0.3 is 10.1 Å². The highest BCUT2D eigenvalue weighted by atomic mass is 35.5. The lowest BCUT2D eigenvalue weighted by molar-refractivity contribution is -0.116.